The highest BCUT2D eigenvalue weighted by molar-refractivity contribution is 5.95. The third-order valence-corrected chi connectivity index (χ3v) is 3.98. The van der Waals surface area contributed by atoms with Crippen LogP contribution < -0.4 is 0 Å². The molecule has 1 atom stereocenters. The Bertz CT molecular complexity index is 453. The highest BCUT2D eigenvalue weighted by atomic mass is 16.3. The number of amides is 1. The number of nitrogens with zero attached hydrogens (tertiary/aromatic N) is 1. The third kappa shape index (κ3) is 3.65. The second-order valence-corrected chi connectivity index (χ2v) is 5.62. The quantitative estimate of drug-likeness (QED) is 0.892. The number of rotatable bonds is 3. The fourth-order valence-electron chi connectivity index (χ4n) is 2.97. The Hall–Kier alpha value is -1.71. The SMILES string of the molecule is CCCC1CCCN(C(=O)c2cc(O)cc(O)c2)CC1. The number of benzene rings is 1. The predicted octanol–water partition coefficient (Wildman–Crippen LogP) is 3.14. The number of hydrogen-bond acceptors (Lipinski definition) is 3. The molecule has 1 aromatic carbocycles. The van der Waals surface area contributed by atoms with Gasteiger partial charge < -0.3 is 15.1 Å². The molecule has 1 heterocycles. The van der Waals surface area contributed by atoms with Crippen LogP contribution in [0.4, 0.5) is 0 Å². The average molecular weight is 277 g/mol. The Kier molecular flexibility index (Phi) is 4.88. The Morgan fingerprint density at radius 1 is 1.20 bits per heavy atom. The average Bonchev–Trinajstić information content (AvgIpc) is 2.63. The second kappa shape index (κ2) is 6.64. The molecule has 0 aromatic heterocycles. The van der Waals surface area contributed by atoms with Crippen molar-refractivity contribution < 1.29 is 15.0 Å². The van der Waals surface area contributed by atoms with Crippen molar-refractivity contribution in [1.29, 1.82) is 0 Å². The lowest BCUT2D eigenvalue weighted by molar-refractivity contribution is 0.0759. The Balaban J connectivity index is 2.05. The van der Waals surface area contributed by atoms with Crippen LogP contribution in [0, 0.1) is 5.92 Å². The minimum atomic E-state index is -0.103. The van der Waals surface area contributed by atoms with E-state index in [4.69, 9.17) is 0 Å². The summed E-state index contributed by atoms with van der Waals surface area (Å²) in [6.07, 6.45) is 5.68. The van der Waals surface area contributed by atoms with Gasteiger partial charge in [-0.25, -0.2) is 0 Å². The van der Waals surface area contributed by atoms with Gasteiger partial charge in [0, 0.05) is 24.7 Å². The van der Waals surface area contributed by atoms with Crippen LogP contribution in [0.5, 0.6) is 11.5 Å². The van der Waals surface area contributed by atoms with Gasteiger partial charge in [-0.2, -0.15) is 0 Å². The molecule has 2 N–H and O–H groups in total. The van der Waals surface area contributed by atoms with E-state index < -0.39 is 0 Å². The lowest BCUT2D eigenvalue weighted by Crippen LogP contribution is -2.32. The highest BCUT2D eigenvalue weighted by Gasteiger charge is 2.21. The molecule has 0 spiro atoms. The van der Waals surface area contributed by atoms with E-state index in [1.165, 1.54) is 37.5 Å². The molecule has 20 heavy (non-hydrogen) atoms. The van der Waals surface area contributed by atoms with Crippen molar-refractivity contribution in [3.05, 3.63) is 23.8 Å². The van der Waals surface area contributed by atoms with Crippen molar-refractivity contribution in [3.63, 3.8) is 0 Å². The highest BCUT2D eigenvalue weighted by Crippen LogP contribution is 2.25. The molecule has 1 unspecified atom stereocenters. The minimum Gasteiger partial charge on any atom is -0.508 e. The molecule has 1 amide bonds. The maximum Gasteiger partial charge on any atom is 0.254 e. The molecule has 0 bridgehead atoms. The van der Waals surface area contributed by atoms with E-state index in [0.29, 0.717) is 5.56 Å². The molecule has 1 aliphatic heterocycles. The third-order valence-electron chi connectivity index (χ3n) is 3.98. The lowest BCUT2D eigenvalue weighted by atomic mass is 9.96. The first-order valence-corrected chi connectivity index (χ1v) is 7.42. The topological polar surface area (TPSA) is 60.8 Å². The summed E-state index contributed by atoms with van der Waals surface area (Å²) >= 11 is 0. The molecule has 4 heteroatoms. The van der Waals surface area contributed by atoms with E-state index in [-0.39, 0.29) is 17.4 Å². The molecule has 4 nitrogen and oxygen atoms in total. The van der Waals surface area contributed by atoms with E-state index >= 15 is 0 Å². The van der Waals surface area contributed by atoms with Crippen molar-refractivity contribution in [3.8, 4) is 11.5 Å². The number of aromatic hydroxyl groups is 2. The standard InChI is InChI=1S/C16H23NO3/c1-2-4-12-5-3-7-17(8-6-12)16(20)13-9-14(18)11-15(19)10-13/h9-12,18-19H,2-8H2,1H3. The maximum atomic E-state index is 12.4. The zero-order chi connectivity index (χ0) is 14.5. The first-order chi connectivity index (χ1) is 9.60. The summed E-state index contributed by atoms with van der Waals surface area (Å²) in [6.45, 7) is 3.72. The van der Waals surface area contributed by atoms with E-state index in [1.807, 2.05) is 4.90 Å². The molecular weight excluding hydrogens is 254 g/mol. The lowest BCUT2D eigenvalue weighted by Gasteiger charge is -2.21. The van der Waals surface area contributed by atoms with Gasteiger partial charge in [-0.1, -0.05) is 19.8 Å². The Labute approximate surface area is 120 Å². The molecule has 0 saturated carbocycles. The van der Waals surface area contributed by atoms with Crippen LogP contribution in [0.3, 0.4) is 0 Å². The molecule has 1 aliphatic rings. The van der Waals surface area contributed by atoms with Crippen molar-refractivity contribution in [1.82, 2.24) is 4.90 Å². The van der Waals surface area contributed by atoms with Crippen molar-refractivity contribution in [2.75, 3.05) is 13.1 Å². The fraction of sp³-hybridized carbons (Fsp3) is 0.562. The summed E-state index contributed by atoms with van der Waals surface area (Å²) < 4.78 is 0. The first-order valence-electron chi connectivity index (χ1n) is 7.42. The van der Waals surface area contributed by atoms with E-state index in [9.17, 15) is 15.0 Å². The number of carbonyl (C=O) groups excluding carboxylic acids is 1. The Morgan fingerprint density at radius 3 is 2.55 bits per heavy atom. The number of likely N-dealkylation sites (tertiary alicyclic amines) is 1. The molecule has 110 valence electrons. The summed E-state index contributed by atoms with van der Waals surface area (Å²) in [4.78, 5) is 14.3. The minimum absolute atomic E-state index is 0.0768. The van der Waals surface area contributed by atoms with Gasteiger partial charge >= 0.3 is 0 Å². The van der Waals surface area contributed by atoms with E-state index in [0.717, 1.165) is 31.8 Å². The van der Waals surface area contributed by atoms with E-state index in [2.05, 4.69) is 6.92 Å². The smallest absolute Gasteiger partial charge is 0.254 e. The van der Waals surface area contributed by atoms with Crippen molar-refractivity contribution in [2.45, 2.75) is 39.0 Å². The van der Waals surface area contributed by atoms with Gasteiger partial charge in [0.15, 0.2) is 0 Å². The monoisotopic (exact) mass is 277 g/mol. The van der Waals surface area contributed by atoms with Crippen molar-refractivity contribution in [2.24, 2.45) is 5.92 Å². The van der Waals surface area contributed by atoms with Crippen LogP contribution in [0.25, 0.3) is 0 Å². The van der Waals surface area contributed by atoms with Crippen LogP contribution >= 0.6 is 0 Å². The van der Waals surface area contributed by atoms with Crippen molar-refractivity contribution >= 4 is 5.91 Å². The molecular formula is C16H23NO3. The summed E-state index contributed by atoms with van der Waals surface area (Å²) in [5, 5.41) is 19.0. The molecule has 1 aromatic rings. The molecule has 1 fully saturated rings. The summed E-state index contributed by atoms with van der Waals surface area (Å²) in [6, 6.07) is 4.06. The zero-order valence-corrected chi connectivity index (χ0v) is 12.0. The van der Waals surface area contributed by atoms with Crippen LogP contribution in [-0.2, 0) is 0 Å². The van der Waals surface area contributed by atoms with Gasteiger partial charge in [0.2, 0.25) is 0 Å². The van der Waals surface area contributed by atoms with Gasteiger partial charge in [-0.15, -0.1) is 0 Å². The van der Waals surface area contributed by atoms with Crippen LogP contribution in [0.15, 0.2) is 18.2 Å². The molecule has 0 aliphatic carbocycles. The van der Waals surface area contributed by atoms with Gasteiger partial charge in [0.25, 0.3) is 5.91 Å². The number of phenols is 2. The normalized spacial score (nSPS) is 19.6. The maximum absolute atomic E-state index is 12.4. The number of phenolic OH excluding ortho intramolecular Hbond substituents is 2. The first kappa shape index (κ1) is 14.7. The molecule has 1 saturated heterocycles. The molecule has 2 rings (SSSR count). The summed E-state index contributed by atoms with van der Waals surface area (Å²) in [5.74, 6) is 0.461. The largest absolute Gasteiger partial charge is 0.508 e. The second-order valence-electron chi connectivity index (χ2n) is 5.62. The van der Waals surface area contributed by atoms with Gasteiger partial charge in [-0.3, -0.25) is 4.79 Å². The van der Waals surface area contributed by atoms with Gasteiger partial charge in [0.05, 0.1) is 0 Å². The predicted molar refractivity (Wildman–Crippen MR) is 77.9 cm³/mol. The zero-order valence-electron chi connectivity index (χ0n) is 12.0. The van der Waals surface area contributed by atoms with Crippen LogP contribution in [0.1, 0.15) is 49.4 Å². The van der Waals surface area contributed by atoms with Gasteiger partial charge in [0.1, 0.15) is 11.5 Å². The van der Waals surface area contributed by atoms with E-state index in [1.54, 1.807) is 0 Å². The Morgan fingerprint density at radius 2 is 1.90 bits per heavy atom. The number of hydrogen-bond donors (Lipinski definition) is 2. The van der Waals surface area contributed by atoms with Crippen LogP contribution in [-0.4, -0.2) is 34.1 Å². The summed E-state index contributed by atoms with van der Waals surface area (Å²) in [5.41, 5.74) is 0.358. The van der Waals surface area contributed by atoms with Crippen LogP contribution in [0.2, 0.25) is 0 Å². The molecule has 0 radical (unpaired) electrons. The fourth-order valence-corrected chi connectivity index (χ4v) is 2.97. The van der Waals surface area contributed by atoms with Gasteiger partial charge in [-0.05, 0) is 37.3 Å². The number of carbonyl (C=O) groups is 1. The summed E-state index contributed by atoms with van der Waals surface area (Å²) in [7, 11) is 0.